The number of nitrogens with zero attached hydrogens (tertiary/aromatic N) is 2. The van der Waals surface area contributed by atoms with E-state index in [0.717, 1.165) is 6.42 Å². The van der Waals surface area contributed by atoms with Gasteiger partial charge in [0.15, 0.2) is 0 Å². The predicted molar refractivity (Wildman–Crippen MR) is 74.6 cm³/mol. The quantitative estimate of drug-likeness (QED) is 0.930. The molecule has 0 aliphatic rings. The van der Waals surface area contributed by atoms with Gasteiger partial charge < -0.3 is 10.5 Å². The van der Waals surface area contributed by atoms with Crippen LogP contribution in [0, 0.1) is 5.82 Å². The van der Waals surface area contributed by atoms with Gasteiger partial charge in [-0.3, -0.25) is 0 Å². The molecule has 0 aliphatic carbocycles. The molecule has 19 heavy (non-hydrogen) atoms. The van der Waals surface area contributed by atoms with Gasteiger partial charge >= 0.3 is 0 Å². The van der Waals surface area contributed by atoms with Crippen molar-refractivity contribution in [3.05, 3.63) is 40.4 Å². The zero-order valence-electron chi connectivity index (χ0n) is 10.4. The molecule has 2 aromatic rings. The van der Waals surface area contributed by atoms with Crippen LogP contribution in [0.25, 0.3) is 0 Å². The molecule has 0 fully saturated rings. The summed E-state index contributed by atoms with van der Waals surface area (Å²) in [6.07, 6.45) is 1.62. The smallest absolute Gasteiger partial charge is 0.224 e. The second-order valence-electron chi connectivity index (χ2n) is 3.97. The van der Waals surface area contributed by atoms with Crippen LogP contribution in [0.5, 0.6) is 11.6 Å². The number of aryl methyl sites for hydroxylation is 1. The number of halogens is 2. The van der Waals surface area contributed by atoms with Gasteiger partial charge in [-0.15, -0.1) is 0 Å². The summed E-state index contributed by atoms with van der Waals surface area (Å²) in [7, 11) is 0. The Kier molecular flexibility index (Phi) is 4.31. The molecule has 2 N–H and O–H groups in total. The summed E-state index contributed by atoms with van der Waals surface area (Å²) in [5.41, 5.74) is 5.69. The molecule has 0 amide bonds. The Morgan fingerprint density at radius 3 is 2.84 bits per heavy atom. The number of benzene rings is 1. The summed E-state index contributed by atoms with van der Waals surface area (Å²) in [5.74, 6) is 1.22. The molecule has 0 radical (unpaired) electrons. The molecule has 0 unspecified atom stereocenters. The van der Waals surface area contributed by atoms with Gasteiger partial charge in [-0.2, -0.15) is 4.98 Å². The monoisotopic (exact) mass is 325 g/mol. The summed E-state index contributed by atoms with van der Waals surface area (Å²) >= 11 is 3.29. The van der Waals surface area contributed by atoms with E-state index in [1.54, 1.807) is 6.07 Å². The molecule has 2 rings (SSSR count). The highest BCUT2D eigenvalue weighted by Crippen LogP contribution is 2.29. The van der Waals surface area contributed by atoms with E-state index in [9.17, 15) is 4.39 Å². The molecule has 4 nitrogen and oxygen atoms in total. The van der Waals surface area contributed by atoms with Crippen molar-refractivity contribution in [2.24, 2.45) is 0 Å². The van der Waals surface area contributed by atoms with Gasteiger partial charge in [0.1, 0.15) is 23.2 Å². The van der Waals surface area contributed by atoms with Gasteiger partial charge in [-0.05, 0) is 34.5 Å². The highest BCUT2D eigenvalue weighted by atomic mass is 79.9. The third-order valence-electron chi connectivity index (χ3n) is 2.35. The lowest BCUT2D eigenvalue weighted by atomic mass is 10.3. The zero-order chi connectivity index (χ0) is 13.8. The van der Waals surface area contributed by atoms with Crippen LogP contribution in [0.2, 0.25) is 0 Å². The zero-order valence-corrected chi connectivity index (χ0v) is 11.9. The van der Waals surface area contributed by atoms with Gasteiger partial charge in [0.25, 0.3) is 0 Å². The first-order valence-corrected chi connectivity index (χ1v) is 6.64. The SMILES string of the molecule is CCCc1nc(N)cc(Oc2cc(F)ccc2Br)n1. The Hall–Kier alpha value is -1.69. The molecule has 0 aliphatic heterocycles. The number of hydrogen-bond acceptors (Lipinski definition) is 4. The molecular weight excluding hydrogens is 313 g/mol. The Morgan fingerprint density at radius 1 is 1.32 bits per heavy atom. The molecule has 0 spiro atoms. The number of nitrogens with two attached hydrogens (primary N) is 1. The van der Waals surface area contributed by atoms with Crippen LogP contribution in [0.3, 0.4) is 0 Å². The molecular formula is C13H13BrFN3O. The highest BCUT2D eigenvalue weighted by Gasteiger charge is 2.08. The average Bonchev–Trinajstić information content (AvgIpc) is 2.33. The summed E-state index contributed by atoms with van der Waals surface area (Å²) in [4.78, 5) is 8.34. The number of hydrogen-bond donors (Lipinski definition) is 1. The van der Waals surface area contributed by atoms with Crippen molar-refractivity contribution >= 4 is 21.7 Å². The van der Waals surface area contributed by atoms with E-state index in [-0.39, 0.29) is 5.82 Å². The lowest BCUT2D eigenvalue weighted by molar-refractivity contribution is 0.451. The number of rotatable bonds is 4. The van der Waals surface area contributed by atoms with Crippen molar-refractivity contribution < 1.29 is 9.13 Å². The van der Waals surface area contributed by atoms with Crippen LogP contribution in [0.1, 0.15) is 19.2 Å². The minimum absolute atomic E-state index is 0.308. The number of anilines is 1. The normalized spacial score (nSPS) is 10.5. The third-order valence-corrected chi connectivity index (χ3v) is 3.01. The van der Waals surface area contributed by atoms with Gasteiger partial charge in [0.05, 0.1) is 4.47 Å². The molecule has 6 heteroatoms. The third kappa shape index (κ3) is 3.64. The lowest BCUT2D eigenvalue weighted by Gasteiger charge is -2.08. The van der Waals surface area contributed by atoms with E-state index in [4.69, 9.17) is 10.5 Å². The summed E-state index contributed by atoms with van der Waals surface area (Å²) in [6.45, 7) is 2.02. The molecule has 1 heterocycles. The average molecular weight is 326 g/mol. The molecule has 1 aromatic carbocycles. The van der Waals surface area contributed by atoms with Crippen molar-refractivity contribution in [1.29, 1.82) is 0 Å². The summed E-state index contributed by atoms with van der Waals surface area (Å²) in [5, 5.41) is 0. The van der Waals surface area contributed by atoms with Crippen molar-refractivity contribution in [2.75, 3.05) is 5.73 Å². The van der Waals surface area contributed by atoms with Gasteiger partial charge in [-0.25, -0.2) is 9.37 Å². The molecule has 0 saturated carbocycles. The van der Waals surface area contributed by atoms with Crippen LogP contribution in [-0.2, 0) is 6.42 Å². The summed E-state index contributed by atoms with van der Waals surface area (Å²) < 4.78 is 19.4. The fraction of sp³-hybridized carbons (Fsp3) is 0.231. The van der Waals surface area contributed by atoms with E-state index < -0.39 is 0 Å². The number of aromatic nitrogens is 2. The van der Waals surface area contributed by atoms with Crippen LogP contribution in [-0.4, -0.2) is 9.97 Å². The Bertz CT molecular complexity index is 592. The van der Waals surface area contributed by atoms with E-state index >= 15 is 0 Å². The Labute approximate surface area is 119 Å². The van der Waals surface area contributed by atoms with Gasteiger partial charge in [0.2, 0.25) is 5.88 Å². The van der Waals surface area contributed by atoms with E-state index in [2.05, 4.69) is 25.9 Å². The fourth-order valence-corrected chi connectivity index (χ4v) is 1.88. The Balaban J connectivity index is 2.29. The molecule has 0 saturated heterocycles. The lowest BCUT2D eigenvalue weighted by Crippen LogP contribution is -2.01. The van der Waals surface area contributed by atoms with E-state index in [1.165, 1.54) is 18.2 Å². The van der Waals surface area contributed by atoms with Gasteiger partial charge in [0, 0.05) is 18.6 Å². The van der Waals surface area contributed by atoms with Crippen LogP contribution < -0.4 is 10.5 Å². The van der Waals surface area contributed by atoms with Crippen molar-refractivity contribution in [2.45, 2.75) is 19.8 Å². The molecule has 1 aromatic heterocycles. The number of nitrogen functional groups attached to an aromatic ring is 1. The standard InChI is InChI=1S/C13H13BrFN3O/c1-2-3-12-17-11(16)7-13(18-12)19-10-6-8(15)4-5-9(10)14/h4-7H,2-3H2,1H3,(H2,16,17,18). The first-order chi connectivity index (χ1) is 9.08. The van der Waals surface area contributed by atoms with Crippen LogP contribution in [0.4, 0.5) is 10.2 Å². The second kappa shape index (κ2) is 5.97. The number of ether oxygens (including phenoxy) is 1. The minimum atomic E-state index is -0.381. The Morgan fingerprint density at radius 2 is 2.11 bits per heavy atom. The first kappa shape index (κ1) is 13.7. The largest absolute Gasteiger partial charge is 0.438 e. The van der Waals surface area contributed by atoms with Crippen molar-refractivity contribution in [3.8, 4) is 11.6 Å². The second-order valence-corrected chi connectivity index (χ2v) is 4.83. The summed E-state index contributed by atoms with van der Waals surface area (Å²) in [6, 6.07) is 5.70. The van der Waals surface area contributed by atoms with E-state index in [1.807, 2.05) is 6.92 Å². The van der Waals surface area contributed by atoms with Gasteiger partial charge in [-0.1, -0.05) is 6.92 Å². The van der Waals surface area contributed by atoms with Crippen LogP contribution in [0.15, 0.2) is 28.7 Å². The minimum Gasteiger partial charge on any atom is -0.438 e. The van der Waals surface area contributed by atoms with Crippen molar-refractivity contribution in [1.82, 2.24) is 9.97 Å². The first-order valence-electron chi connectivity index (χ1n) is 5.85. The molecule has 100 valence electrons. The predicted octanol–water partition coefficient (Wildman–Crippen LogP) is 3.71. The topological polar surface area (TPSA) is 61.0 Å². The highest BCUT2D eigenvalue weighted by molar-refractivity contribution is 9.10. The van der Waals surface area contributed by atoms with Crippen LogP contribution >= 0.6 is 15.9 Å². The maximum atomic E-state index is 13.2. The molecule has 0 bridgehead atoms. The van der Waals surface area contributed by atoms with E-state index in [0.29, 0.717) is 34.2 Å². The molecule has 0 atom stereocenters. The maximum absolute atomic E-state index is 13.2. The fourth-order valence-electron chi connectivity index (χ4n) is 1.55. The van der Waals surface area contributed by atoms with Crippen molar-refractivity contribution in [3.63, 3.8) is 0 Å². The maximum Gasteiger partial charge on any atom is 0.224 e.